The molecule has 110 valence electrons. The maximum absolute atomic E-state index is 11.6. The summed E-state index contributed by atoms with van der Waals surface area (Å²) in [6, 6.07) is 7.49. The quantitative estimate of drug-likeness (QED) is 0.475. The molecule has 2 aromatic rings. The number of esters is 1. The van der Waals surface area contributed by atoms with Crippen molar-refractivity contribution in [1.82, 2.24) is 9.97 Å². The lowest BCUT2D eigenvalue weighted by molar-refractivity contribution is -0.142. The zero-order valence-electron chi connectivity index (χ0n) is 11.7. The van der Waals surface area contributed by atoms with E-state index in [0.717, 1.165) is 11.1 Å². The number of nitrogens with zero attached hydrogens (tertiary/aromatic N) is 2. The van der Waals surface area contributed by atoms with E-state index >= 15 is 0 Å². The lowest BCUT2D eigenvalue weighted by Crippen LogP contribution is -2.17. The van der Waals surface area contributed by atoms with Crippen molar-refractivity contribution in [2.75, 3.05) is 6.61 Å². The number of carbonyl (C=O) groups is 1. The summed E-state index contributed by atoms with van der Waals surface area (Å²) >= 11 is 7.24. The van der Waals surface area contributed by atoms with Crippen molar-refractivity contribution in [3.63, 3.8) is 0 Å². The zero-order chi connectivity index (χ0) is 15.2. The van der Waals surface area contributed by atoms with Crippen molar-refractivity contribution < 1.29 is 9.53 Å². The summed E-state index contributed by atoms with van der Waals surface area (Å²) in [5.41, 5.74) is 1.84. The van der Waals surface area contributed by atoms with Crippen LogP contribution in [0.1, 0.15) is 13.8 Å². The molecule has 0 saturated carbocycles. The fourth-order valence-electron chi connectivity index (χ4n) is 1.66. The van der Waals surface area contributed by atoms with E-state index in [4.69, 9.17) is 16.3 Å². The first-order chi connectivity index (χ1) is 10.1. The summed E-state index contributed by atoms with van der Waals surface area (Å²) in [5, 5.41) is 0.880. The van der Waals surface area contributed by atoms with Gasteiger partial charge in [-0.15, -0.1) is 0 Å². The molecule has 2 rings (SSSR count). The van der Waals surface area contributed by atoms with Gasteiger partial charge in [-0.2, -0.15) is 0 Å². The van der Waals surface area contributed by atoms with Crippen molar-refractivity contribution in [1.29, 1.82) is 0 Å². The van der Waals surface area contributed by atoms with E-state index < -0.39 is 0 Å². The van der Waals surface area contributed by atoms with Crippen LogP contribution >= 0.6 is 23.4 Å². The summed E-state index contributed by atoms with van der Waals surface area (Å²) in [6.07, 6.45) is 3.44. The highest BCUT2D eigenvalue weighted by atomic mass is 35.5. The third-order valence-corrected chi connectivity index (χ3v) is 3.89. The SMILES string of the molecule is CCOC(=O)[C@@H](C)Sc1ncc(-c2cccc(Cl)c2)cn1. The van der Waals surface area contributed by atoms with Gasteiger partial charge in [0, 0.05) is 23.0 Å². The molecular formula is C15H15ClN2O2S. The van der Waals surface area contributed by atoms with Gasteiger partial charge in [-0.25, -0.2) is 9.97 Å². The van der Waals surface area contributed by atoms with E-state index in [0.29, 0.717) is 16.8 Å². The Kier molecular flexibility index (Phi) is 5.59. The van der Waals surface area contributed by atoms with Crippen LogP contribution in [0.25, 0.3) is 11.1 Å². The van der Waals surface area contributed by atoms with E-state index in [-0.39, 0.29) is 11.2 Å². The van der Waals surface area contributed by atoms with E-state index in [1.54, 1.807) is 26.2 Å². The lowest BCUT2D eigenvalue weighted by Gasteiger charge is -2.09. The van der Waals surface area contributed by atoms with E-state index in [1.807, 2.05) is 24.3 Å². The van der Waals surface area contributed by atoms with Crippen LogP contribution in [0.5, 0.6) is 0 Å². The van der Waals surface area contributed by atoms with Crippen molar-refractivity contribution in [3.05, 3.63) is 41.7 Å². The van der Waals surface area contributed by atoms with Crippen LogP contribution in [-0.2, 0) is 9.53 Å². The molecule has 0 radical (unpaired) electrons. The molecule has 0 spiro atoms. The average molecular weight is 323 g/mol. The summed E-state index contributed by atoms with van der Waals surface area (Å²) < 4.78 is 4.95. The minimum atomic E-state index is -0.332. The van der Waals surface area contributed by atoms with Gasteiger partial charge in [0.2, 0.25) is 0 Å². The van der Waals surface area contributed by atoms with Gasteiger partial charge in [-0.05, 0) is 31.5 Å². The van der Waals surface area contributed by atoms with Gasteiger partial charge in [-0.1, -0.05) is 35.5 Å². The lowest BCUT2D eigenvalue weighted by atomic mass is 10.1. The molecule has 0 N–H and O–H groups in total. The Hall–Kier alpha value is -1.59. The Balaban J connectivity index is 2.07. The molecule has 0 aliphatic heterocycles. The van der Waals surface area contributed by atoms with Gasteiger partial charge in [0.1, 0.15) is 5.25 Å². The Morgan fingerprint density at radius 2 is 2.05 bits per heavy atom. The van der Waals surface area contributed by atoms with Crippen LogP contribution in [0.3, 0.4) is 0 Å². The Bertz CT molecular complexity index is 619. The molecule has 0 fully saturated rings. The highest BCUT2D eigenvalue weighted by molar-refractivity contribution is 8.00. The normalized spacial score (nSPS) is 12.0. The van der Waals surface area contributed by atoms with Crippen LogP contribution in [0.15, 0.2) is 41.8 Å². The van der Waals surface area contributed by atoms with Gasteiger partial charge >= 0.3 is 5.97 Å². The summed E-state index contributed by atoms with van der Waals surface area (Å²) in [4.78, 5) is 20.1. The molecule has 1 aromatic heterocycles. The molecule has 21 heavy (non-hydrogen) atoms. The van der Waals surface area contributed by atoms with Gasteiger partial charge < -0.3 is 4.74 Å². The van der Waals surface area contributed by atoms with Gasteiger partial charge in [0.15, 0.2) is 5.16 Å². The molecule has 0 amide bonds. The molecule has 1 heterocycles. The van der Waals surface area contributed by atoms with Gasteiger partial charge in [0.25, 0.3) is 0 Å². The third kappa shape index (κ3) is 4.44. The first kappa shape index (κ1) is 15.8. The standard InChI is InChI=1S/C15H15ClN2O2S/c1-3-20-14(19)10(2)21-15-17-8-12(9-18-15)11-5-4-6-13(16)7-11/h4-10H,3H2,1-2H3/t10-/m1/s1. The number of hydrogen-bond donors (Lipinski definition) is 0. The van der Waals surface area contributed by atoms with Crippen molar-refractivity contribution in [3.8, 4) is 11.1 Å². The smallest absolute Gasteiger partial charge is 0.319 e. The van der Waals surface area contributed by atoms with Crippen LogP contribution < -0.4 is 0 Å². The minimum absolute atomic E-state index is 0.259. The fourth-order valence-corrected chi connectivity index (χ4v) is 2.56. The molecule has 1 atom stereocenters. The highest BCUT2D eigenvalue weighted by Gasteiger charge is 2.16. The highest BCUT2D eigenvalue weighted by Crippen LogP contribution is 2.24. The molecule has 0 aliphatic carbocycles. The van der Waals surface area contributed by atoms with Crippen LogP contribution in [0, 0.1) is 0 Å². The Morgan fingerprint density at radius 3 is 2.67 bits per heavy atom. The number of ether oxygens (including phenoxy) is 1. The number of thioether (sulfide) groups is 1. The first-order valence-corrected chi connectivity index (χ1v) is 7.77. The largest absolute Gasteiger partial charge is 0.465 e. The first-order valence-electron chi connectivity index (χ1n) is 6.51. The van der Waals surface area contributed by atoms with Crippen molar-refractivity contribution in [2.24, 2.45) is 0 Å². The molecule has 0 unspecified atom stereocenters. The maximum atomic E-state index is 11.6. The fraction of sp³-hybridized carbons (Fsp3) is 0.267. The third-order valence-electron chi connectivity index (χ3n) is 2.69. The number of aromatic nitrogens is 2. The average Bonchev–Trinajstić information content (AvgIpc) is 2.48. The molecule has 0 saturated heterocycles. The Morgan fingerprint density at radius 1 is 1.33 bits per heavy atom. The minimum Gasteiger partial charge on any atom is -0.465 e. The maximum Gasteiger partial charge on any atom is 0.319 e. The van der Waals surface area contributed by atoms with E-state index in [1.165, 1.54) is 11.8 Å². The van der Waals surface area contributed by atoms with Gasteiger partial charge in [0.05, 0.1) is 6.61 Å². The second-order valence-corrected chi connectivity index (χ2v) is 6.02. The number of carbonyl (C=O) groups excluding carboxylic acids is 1. The van der Waals surface area contributed by atoms with Crippen LogP contribution in [0.2, 0.25) is 5.02 Å². The van der Waals surface area contributed by atoms with Crippen molar-refractivity contribution in [2.45, 2.75) is 24.3 Å². The molecule has 0 aliphatic rings. The monoisotopic (exact) mass is 322 g/mol. The molecular weight excluding hydrogens is 308 g/mol. The second kappa shape index (κ2) is 7.43. The second-order valence-electron chi connectivity index (χ2n) is 4.28. The van der Waals surface area contributed by atoms with E-state index in [2.05, 4.69) is 9.97 Å². The summed E-state index contributed by atoms with van der Waals surface area (Å²) in [5.74, 6) is -0.259. The van der Waals surface area contributed by atoms with E-state index in [9.17, 15) is 4.79 Å². The molecule has 0 bridgehead atoms. The molecule has 1 aromatic carbocycles. The predicted octanol–water partition coefficient (Wildman–Crippen LogP) is 3.84. The summed E-state index contributed by atoms with van der Waals surface area (Å²) in [6.45, 7) is 3.93. The summed E-state index contributed by atoms with van der Waals surface area (Å²) in [7, 11) is 0. The topological polar surface area (TPSA) is 52.1 Å². The number of halogens is 1. The molecule has 4 nitrogen and oxygen atoms in total. The Labute approximate surface area is 132 Å². The molecule has 6 heteroatoms. The van der Waals surface area contributed by atoms with Crippen LogP contribution in [-0.4, -0.2) is 27.8 Å². The zero-order valence-corrected chi connectivity index (χ0v) is 13.3. The number of benzene rings is 1. The predicted molar refractivity (Wildman–Crippen MR) is 84.4 cm³/mol. The van der Waals surface area contributed by atoms with Crippen molar-refractivity contribution >= 4 is 29.3 Å². The van der Waals surface area contributed by atoms with Crippen LogP contribution in [0.4, 0.5) is 0 Å². The number of hydrogen-bond acceptors (Lipinski definition) is 5. The van der Waals surface area contributed by atoms with Gasteiger partial charge in [-0.3, -0.25) is 4.79 Å². The number of rotatable bonds is 5.